The molecule has 0 atom stereocenters. The van der Waals surface area contributed by atoms with Crippen molar-refractivity contribution in [1.29, 1.82) is 0 Å². The Kier molecular flexibility index (Phi) is 3.80. The second-order valence-corrected chi connectivity index (χ2v) is 4.90. The molecule has 0 amide bonds. The summed E-state index contributed by atoms with van der Waals surface area (Å²) in [6, 6.07) is 2.77. The zero-order valence-corrected chi connectivity index (χ0v) is 11.7. The largest absolute Gasteiger partial charge is 0.373 e. The van der Waals surface area contributed by atoms with Gasteiger partial charge in [0.2, 0.25) is 0 Å². The average Bonchev–Trinajstić information content (AvgIpc) is 2.36. The molecule has 0 saturated carbocycles. The SMILES string of the molecule is CCCc1cc2c(F)c(Br)cc(F)c2nc1NC. The monoisotopic (exact) mass is 314 g/mol. The van der Waals surface area contributed by atoms with Gasteiger partial charge in [-0.15, -0.1) is 0 Å². The number of nitrogens with one attached hydrogen (secondary N) is 1. The van der Waals surface area contributed by atoms with Gasteiger partial charge in [-0.3, -0.25) is 0 Å². The summed E-state index contributed by atoms with van der Waals surface area (Å²) in [5.41, 5.74) is 0.948. The highest BCUT2D eigenvalue weighted by Gasteiger charge is 2.15. The van der Waals surface area contributed by atoms with Crippen molar-refractivity contribution in [1.82, 2.24) is 4.98 Å². The highest BCUT2D eigenvalue weighted by molar-refractivity contribution is 9.10. The quantitative estimate of drug-likeness (QED) is 0.856. The van der Waals surface area contributed by atoms with E-state index in [0.717, 1.165) is 24.5 Å². The second-order valence-electron chi connectivity index (χ2n) is 4.05. The first-order valence-electron chi connectivity index (χ1n) is 5.73. The zero-order valence-electron chi connectivity index (χ0n) is 10.2. The van der Waals surface area contributed by atoms with Gasteiger partial charge in [0.15, 0.2) is 5.82 Å². The van der Waals surface area contributed by atoms with Crippen LogP contribution in [0, 0.1) is 11.6 Å². The van der Waals surface area contributed by atoms with Gasteiger partial charge in [0.05, 0.1) is 4.47 Å². The van der Waals surface area contributed by atoms with Crippen LogP contribution in [0.3, 0.4) is 0 Å². The van der Waals surface area contributed by atoms with E-state index in [4.69, 9.17) is 0 Å². The maximum absolute atomic E-state index is 14.0. The van der Waals surface area contributed by atoms with Crippen LogP contribution in [0.2, 0.25) is 0 Å². The molecule has 1 N–H and O–H groups in total. The van der Waals surface area contributed by atoms with Crippen LogP contribution < -0.4 is 5.32 Å². The molecule has 1 heterocycles. The van der Waals surface area contributed by atoms with E-state index < -0.39 is 11.6 Å². The number of benzene rings is 1. The number of aryl methyl sites for hydroxylation is 1. The fourth-order valence-electron chi connectivity index (χ4n) is 1.95. The molecule has 0 aliphatic rings. The van der Waals surface area contributed by atoms with Crippen molar-refractivity contribution in [2.45, 2.75) is 19.8 Å². The van der Waals surface area contributed by atoms with E-state index in [1.54, 1.807) is 13.1 Å². The van der Waals surface area contributed by atoms with E-state index in [-0.39, 0.29) is 15.4 Å². The Morgan fingerprint density at radius 1 is 1.33 bits per heavy atom. The molecule has 0 bridgehead atoms. The number of hydrogen-bond donors (Lipinski definition) is 1. The topological polar surface area (TPSA) is 24.9 Å². The highest BCUT2D eigenvalue weighted by Crippen LogP contribution is 2.30. The number of anilines is 1. The number of nitrogens with zero attached hydrogens (tertiary/aromatic N) is 1. The third kappa shape index (κ3) is 2.19. The number of halogens is 3. The molecule has 5 heteroatoms. The van der Waals surface area contributed by atoms with Crippen molar-refractivity contribution in [3.8, 4) is 0 Å². The Balaban J connectivity index is 2.78. The standard InChI is InChI=1S/C13H13BrF2N2/c1-3-4-7-5-8-11(16)9(14)6-10(15)12(8)18-13(7)17-2/h5-6H,3-4H2,1-2H3,(H,17,18). The molecule has 1 aromatic carbocycles. The van der Waals surface area contributed by atoms with Crippen molar-refractivity contribution >= 4 is 32.7 Å². The van der Waals surface area contributed by atoms with Gasteiger partial charge in [0.1, 0.15) is 17.2 Å². The molecule has 0 spiro atoms. The number of hydrogen-bond acceptors (Lipinski definition) is 2. The molecule has 18 heavy (non-hydrogen) atoms. The molecular formula is C13H13BrF2N2. The summed E-state index contributed by atoms with van der Waals surface area (Å²) in [7, 11) is 1.72. The lowest BCUT2D eigenvalue weighted by Gasteiger charge is -2.11. The zero-order chi connectivity index (χ0) is 13.3. The minimum Gasteiger partial charge on any atom is -0.373 e. The van der Waals surface area contributed by atoms with E-state index >= 15 is 0 Å². The molecule has 0 aliphatic carbocycles. The molecule has 2 nitrogen and oxygen atoms in total. The van der Waals surface area contributed by atoms with Crippen LogP contribution in [-0.2, 0) is 6.42 Å². The Morgan fingerprint density at radius 3 is 2.67 bits per heavy atom. The molecule has 96 valence electrons. The van der Waals surface area contributed by atoms with Crippen molar-refractivity contribution in [3.63, 3.8) is 0 Å². The summed E-state index contributed by atoms with van der Waals surface area (Å²) in [5, 5.41) is 3.13. The van der Waals surface area contributed by atoms with Crippen LogP contribution >= 0.6 is 15.9 Å². The summed E-state index contributed by atoms with van der Waals surface area (Å²) in [5.74, 6) is -0.401. The first kappa shape index (κ1) is 13.2. The molecule has 0 unspecified atom stereocenters. The van der Waals surface area contributed by atoms with Crippen molar-refractivity contribution in [3.05, 3.63) is 33.8 Å². The van der Waals surface area contributed by atoms with Gasteiger partial charge in [0.25, 0.3) is 0 Å². The Morgan fingerprint density at radius 2 is 2.06 bits per heavy atom. The maximum atomic E-state index is 14.0. The fourth-order valence-corrected chi connectivity index (χ4v) is 2.37. The smallest absolute Gasteiger partial charge is 0.150 e. The molecule has 2 aromatic rings. The van der Waals surface area contributed by atoms with Gasteiger partial charge < -0.3 is 5.32 Å². The van der Waals surface area contributed by atoms with Gasteiger partial charge in [-0.1, -0.05) is 13.3 Å². The number of pyridine rings is 1. The highest BCUT2D eigenvalue weighted by atomic mass is 79.9. The molecule has 0 saturated heterocycles. The van der Waals surface area contributed by atoms with Crippen LogP contribution in [-0.4, -0.2) is 12.0 Å². The van der Waals surface area contributed by atoms with E-state index in [0.29, 0.717) is 5.82 Å². The first-order valence-corrected chi connectivity index (χ1v) is 6.52. The summed E-state index contributed by atoms with van der Waals surface area (Å²) in [4.78, 5) is 4.17. The summed E-state index contributed by atoms with van der Waals surface area (Å²) < 4.78 is 27.9. The number of aromatic nitrogens is 1. The normalized spacial score (nSPS) is 10.9. The predicted octanol–water partition coefficient (Wildman–Crippen LogP) is 4.27. The third-order valence-corrected chi connectivity index (χ3v) is 3.36. The third-order valence-electron chi connectivity index (χ3n) is 2.78. The summed E-state index contributed by atoms with van der Waals surface area (Å²) >= 11 is 3.01. The molecule has 0 fully saturated rings. The van der Waals surface area contributed by atoms with Crippen molar-refractivity contribution < 1.29 is 8.78 Å². The van der Waals surface area contributed by atoms with E-state index in [1.807, 2.05) is 6.92 Å². The van der Waals surface area contributed by atoms with Gasteiger partial charge in [-0.2, -0.15) is 0 Å². The number of fused-ring (bicyclic) bond motifs is 1. The van der Waals surface area contributed by atoms with Crippen molar-refractivity contribution in [2.24, 2.45) is 0 Å². The molecular weight excluding hydrogens is 302 g/mol. The Labute approximate surface area is 113 Å². The molecule has 2 rings (SSSR count). The van der Waals surface area contributed by atoms with E-state index in [9.17, 15) is 8.78 Å². The van der Waals surface area contributed by atoms with E-state index in [2.05, 4.69) is 26.2 Å². The van der Waals surface area contributed by atoms with Crippen LogP contribution in [0.15, 0.2) is 16.6 Å². The summed E-state index contributed by atoms with van der Waals surface area (Å²) in [6.07, 6.45) is 1.69. The lowest BCUT2D eigenvalue weighted by molar-refractivity contribution is 0.609. The van der Waals surface area contributed by atoms with Crippen LogP contribution in [0.25, 0.3) is 10.9 Å². The number of rotatable bonds is 3. The van der Waals surface area contributed by atoms with Gasteiger partial charge in [-0.25, -0.2) is 13.8 Å². The fraction of sp³-hybridized carbons (Fsp3) is 0.308. The predicted molar refractivity (Wildman–Crippen MR) is 72.9 cm³/mol. The van der Waals surface area contributed by atoms with Crippen LogP contribution in [0.1, 0.15) is 18.9 Å². The Hall–Kier alpha value is -1.23. The van der Waals surface area contributed by atoms with E-state index in [1.165, 1.54) is 0 Å². The van der Waals surface area contributed by atoms with Crippen LogP contribution in [0.4, 0.5) is 14.6 Å². The second kappa shape index (κ2) is 5.18. The van der Waals surface area contributed by atoms with Gasteiger partial charge in [-0.05, 0) is 40.0 Å². The lowest BCUT2D eigenvalue weighted by atomic mass is 10.1. The first-order chi connectivity index (χ1) is 8.58. The summed E-state index contributed by atoms with van der Waals surface area (Å²) in [6.45, 7) is 2.03. The Bertz CT molecular complexity index is 599. The molecule has 0 aliphatic heterocycles. The minimum absolute atomic E-state index is 0.0555. The van der Waals surface area contributed by atoms with Crippen molar-refractivity contribution in [2.75, 3.05) is 12.4 Å². The van der Waals surface area contributed by atoms with Gasteiger partial charge >= 0.3 is 0 Å². The average molecular weight is 315 g/mol. The maximum Gasteiger partial charge on any atom is 0.150 e. The van der Waals surface area contributed by atoms with Crippen LogP contribution in [0.5, 0.6) is 0 Å². The van der Waals surface area contributed by atoms with Gasteiger partial charge in [0, 0.05) is 12.4 Å². The lowest BCUT2D eigenvalue weighted by Crippen LogP contribution is -2.01. The molecule has 0 radical (unpaired) electrons. The molecule has 1 aromatic heterocycles. The minimum atomic E-state index is -0.530.